The number of benzene rings is 1. The number of carbonyl (C=O) groups excluding carboxylic acids is 1. The van der Waals surface area contributed by atoms with Gasteiger partial charge in [-0.25, -0.2) is 4.98 Å². The Morgan fingerprint density at radius 1 is 1.35 bits per heavy atom. The zero-order valence-corrected chi connectivity index (χ0v) is 17.0. The molecule has 3 rings (SSSR count). The number of hydrogen-bond donors (Lipinski definition) is 1. The molecule has 0 aliphatic rings. The molecule has 2 aromatic heterocycles. The van der Waals surface area contributed by atoms with Crippen molar-refractivity contribution >= 4 is 45.7 Å². The Morgan fingerprint density at radius 3 is 2.69 bits per heavy atom. The highest BCUT2D eigenvalue weighted by Gasteiger charge is 2.21. The van der Waals surface area contributed by atoms with Gasteiger partial charge in [0.2, 0.25) is 5.91 Å². The standard InChI is InChI=1S/C17H18ClN5OS2/c1-4-23-14(12-5-7-13(18)8-6-12)21-22-17(23)26-11(3)15(24)20-16-19-10(2)9-25-16/h5-9,11H,4H2,1-3H3,(H,19,20,24)/t11-/m1/s1. The van der Waals surface area contributed by atoms with Gasteiger partial charge >= 0.3 is 0 Å². The summed E-state index contributed by atoms with van der Waals surface area (Å²) in [6, 6.07) is 7.47. The van der Waals surface area contributed by atoms with Crippen LogP contribution in [0.1, 0.15) is 19.5 Å². The van der Waals surface area contributed by atoms with Gasteiger partial charge in [0.15, 0.2) is 16.1 Å². The van der Waals surface area contributed by atoms with Gasteiger partial charge in [0, 0.05) is 22.5 Å². The summed E-state index contributed by atoms with van der Waals surface area (Å²) in [4.78, 5) is 16.7. The third kappa shape index (κ3) is 4.25. The maximum Gasteiger partial charge on any atom is 0.239 e. The SMILES string of the molecule is CCn1c(S[C@H](C)C(=O)Nc2nc(C)cs2)nnc1-c1ccc(Cl)cc1. The number of rotatable bonds is 6. The fraction of sp³-hybridized carbons (Fsp3) is 0.294. The summed E-state index contributed by atoms with van der Waals surface area (Å²) in [5.41, 5.74) is 1.83. The lowest BCUT2D eigenvalue weighted by Crippen LogP contribution is -2.22. The Balaban J connectivity index is 1.75. The van der Waals surface area contributed by atoms with Gasteiger partial charge in [0.25, 0.3) is 0 Å². The lowest BCUT2D eigenvalue weighted by molar-refractivity contribution is -0.115. The Morgan fingerprint density at radius 2 is 2.08 bits per heavy atom. The van der Waals surface area contributed by atoms with E-state index in [0.717, 1.165) is 17.1 Å². The predicted molar refractivity (Wildman–Crippen MR) is 107 cm³/mol. The van der Waals surface area contributed by atoms with Crippen LogP contribution in [-0.4, -0.2) is 30.9 Å². The van der Waals surface area contributed by atoms with Gasteiger partial charge in [0.05, 0.1) is 10.9 Å². The van der Waals surface area contributed by atoms with Crippen molar-refractivity contribution < 1.29 is 4.79 Å². The Kier molecular flexibility index (Phi) is 5.95. The summed E-state index contributed by atoms with van der Waals surface area (Å²) in [6.45, 7) is 6.46. The minimum Gasteiger partial charge on any atom is -0.302 e. The molecule has 9 heteroatoms. The first-order chi connectivity index (χ1) is 12.5. The van der Waals surface area contributed by atoms with Crippen LogP contribution in [0.25, 0.3) is 11.4 Å². The summed E-state index contributed by atoms with van der Waals surface area (Å²) in [7, 11) is 0. The van der Waals surface area contributed by atoms with Crippen molar-refractivity contribution in [3.8, 4) is 11.4 Å². The normalized spacial score (nSPS) is 12.2. The molecule has 1 aromatic carbocycles. The van der Waals surface area contributed by atoms with E-state index in [1.165, 1.54) is 23.1 Å². The van der Waals surface area contributed by atoms with Crippen molar-refractivity contribution in [2.75, 3.05) is 5.32 Å². The Labute approximate surface area is 165 Å². The van der Waals surface area contributed by atoms with E-state index >= 15 is 0 Å². The van der Waals surface area contributed by atoms with Crippen LogP contribution in [0.3, 0.4) is 0 Å². The minimum absolute atomic E-state index is 0.108. The number of nitrogens with zero attached hydrogens (tertiary/aromatic N) is 4. The van der Waals surface area contributed by atoms with Gasteiger partial charge in [-0.05, 0) is 45.0 Å². The molecule has 6 nitrogen and oxygen atoms in total. The van der Waals surface area contributed by atoms with Crippen molar-refractivity contribution in [2.24, 2.45) is 0 Å². The Hall–Kier alpha value is -1.90. The summed E-state index contributed by atoms with van der Waals surface area (Å²) in [6.07, 6.45) is 0. The van der Waals surface area contributed by atoms with Crippen LogP contribution in [0, 0.1) is 6.92 Å². The van der Waals surface area contributed by atoms with Crippen molar-refractivity contribution in [1.29, 1.82) is 0 Å². The number of thioether (sulfide) groups is 1. The van der Waals surface area contributed by atoms with E-state index in [4.69, 9.17) is 11.6 Å². The number of thiazole rings is 1. The van der Waals surface area contributed by atoms with Gasteiger partial charge in [-0.3, -0.25) is 4.79 Å². The largest absolute Gasteiger partial charge is 0.302 e. The first-order valence-electron chi connectivity index (χ1n) is 8.06. The smallest absolute Gasteiger partial charge is 0.239 e. The summed E-state index contributed by atoms with van der Waals surface area (Å²) in [5, 5.41) is 15.0. The predicted octanol–water partition coefficient (Wildman–Crippen LogP) is 4.50. The van der Waals surface area contributed by atoms with E-state index in [9.17, 15) is 4.79 Å². The summed E-state index contributed by atoms with van der Waals surface area (Å²) < 4.78 is 1.99. The molecular weight excluding hydrogens is 390 g/mol. The number of nitrogens with one attached hydrogen (secondary N) is 1. The molecule has 0 radical (unpaired) electrons. The van der Waals surface area contributed by atoms with Crippen molar-refractivity contribution in [2.45, 2.75) is 37.7 Å². The molecule has 0 fully saturated rings. The molecule has 0 saturated heterocycles. The van der Waals surface area contributed by atoms with Crippen molar-refractivity contribution in [3.63, 3.8) is 0 Å². The first-order valence-corrected chi connectivity index (χ1v) is 10.2. The van der Waals surface area contributed by atoms with Crippen LogP contribution in [0.15, 0.2) is 34.8 Å². The number of carbonyl (C=O) groups is 1. The van der Waals surface area contributed by atoms with Crippen LogP contribution in [0.5, 0.6) is 0 Å². The second-order valence-corrected chi connectivity index (χ2v) is 8.20. The zero-order valence-electron chi connectivity index (χ0n) is 14.6. The van der Waals surface area contributed by atoms with Crippen LogP contribution < -0.4 is 5.32 Å². The summed E-state index contributed by atoms with van der Waals surface area (Å²) in [5.74, 6) is 0.651. The van der Waals surface area contributed by atoms with Crippen LogP contribution in [-0.2, 0) is 11.3 Å². The van der Waals surface area contributed by atoms with E-state index in [1.54, 1.807) is 0 Å². The van der Waals surface area contributed by atoms with Crippen LogP contribution in [0.2, 0.25) is 5.02 Å². The fourth-order valence-corrected chi connectivity index (χ4v) is 4.03. The van der Waals surface area contributed by atoms with Crippen molar-refractivity contribution in [1.82, 2.24) is 19.7 Å². The average Bonchev–Trinajstić information content (AvgIpc) is 3.21. The maximum absolute atomic E-state index is 12.4. The second kappa shape index (κ2) is 8.20. The highest BCUT2D eigenvalue weighted by atomic mass is 35.5. The highest BCUT2D eigenvalue weighted by Crippen LogP contribution is 2.28. The highest BCUT2D eigenvalue weighted by molar-refractivity contribution is 8.00. The lowest BCUT2D eigenvalue weighted by Gasteiger charge is -2.11. The van der Waals surface area contributed by atoms with Gasteiger partial charge in [-0.15, -0.1) is 21.5 Å². The fourth-order valence-electron chi connectivity index (χ4n) is 2.30. The molecule has 3 aromatic rings. The topological polar surface area (TPSA) is 72.7 Å². The number of amides is 1. The molecule has 1 atom stereocenters. The van der Waals surface area contributed by atoms with E-state index in [2.05, 4.69) is 20.5 Å². The molecule has 26 heavy (non-hydrogen) atoms. The maximum atomic E-state index is 12.4. The molecule has 1 amide bonds. The third-order valence-corrected chi connectivity index (χ3v) is 5.84. The molecule has 0 unspecified atom stereocenters. The molecule has 0 spiro atoms. The number of hydrogen-bond acceptors (Lipinski definition) is 6. The number of aromatic nitrogens is 4. The number of anilines is 1. The molecule has 2 heterocycles. The summed E-state index contributed by atoms with van der Waals surface area (Å²) >= 11 is 8.75. The monoisotopic (exact) mass is 407 g/mol. The van der Waals surface area contributed by atoms with Gasteiger partial charge in [-0.1, -0.05) is 23.4 Å². The van der Waals surface area contributed by atoms with E-state index < -0.39 is 0 Å². The quantitative estimate of drug-likeness (QED) is 0.609. The molecule has 1 N–H and O–H groups in total. The number of halogens is 1. The van der Waals surface area contributed by atoms with Gasteiger partial charge in [-0.2, -0.15) is 0 Å². The second-order valence-electron chi connectivity index (χ2n) is 5.60. The van der Waals surface area contributed by atoms with Crippen LogP contribution >= 0.6 is 34.7 Å². The van der Waals surface area contributed by atoms with Gasteiger partial charge < -0.3 is 9.88 Å². The Bertz CT molecular complexity index is 906. The van der Waals surface area contributed by atoms with E-state index in [0.29, 0.717) is 21.9 Å². The molecule has 136 valence electrons. The molecule has 0 bridgehead atoms. The van der Waals surface area contributed by atoms with Crippen molar-refractivity contribution in [3.05, 3.63) is 40.4 Å². The van der Waals surface area contributed by atoms with Gasteiger partial charge in [0.1, 0.15) is 0 Å². The average molecular weight is 408 g/mol. The first kappa shape index (κ1) is 18.9. The molecule has 0 aliphatic heterocycles. The molecular formula is C17H18ClN5OS2. The number of aryl methyl sites for hydroxylation is 1. The van der Waals surface area contributed by atoms with Crippen LogP contribution in [0.4, 0.5) is 5.13 Å². The van der Waals surface area contributed by atoms with E-state index in [1.807, 2.05) is 55.0 Å². The third-order valence-electron chi connectivity index (χ3n) is 3.64. The molecule has 0 aliphatic carbocycles. The van der Waals surface area contributed by atoms with E-state index in [-0.39, 0.29) is 11.2 Å². The molecule has 0 saturated carbocycles. The zero-order chi connectivity index (χ0) is 18.7. The lowest BCUT2D eigenvalue weighted by atomic mass is 10.2. The minimum atomic E-state index is -0.327.